The number of anilines is 1. The van der Waals surface area contributed by atoms with Crippen molar-refractivity contribution in [3.63, 3.8) is 0 Å². The third-order valence-electron chi connectivity index (χ3n) is 3.72. The molecule has 2 aromatic rings. The molecule has 1 atom stereocenters. The molecule has 0 amide bonds. The van der Waals surface area contributed by atoms with Crippen LogP contribution in [0.25, 0.3) is 10.9 Å². The molecule has 1 aliphatic rings. The average molecular weight is 349 g/mol. The molecule has 0 bridgehead atoms. The van der Waals surface area contributed by atoms with Crippen molar-refractivity contribution in [2.45, 2.75) is 18.1 Å². The van der Waals surface area contributed by atoms with E-state index in [1.54, 1.807) is 19.4 Å². The van der Waals surface area contributed by atoms with Gasteiger partial charge in [0, 0.05) is 25.3 Å². The van der Waals surface area contributed by atoms with Gasteiger partial charge in [-0.15, -0.1) is 0 Å². The highest BCUT2D eigenvalue weighted by atomic mass is 35.5. The van der Waals surface area contributed by atoms with Crippen LogP contribution in [-0.2, 0) is 21.2 Å². The molecule has 0 fully saturated rings. The van der Waals surface area contributed by atoms with Gasteiger partial charge in [-0.05, 0) is 24.5 Å². The van der Waals surface area contributed by atoms with E-state index in [-0.39, 0.29) is 0 Å². The number of benzene rings is 1. The molecule has 0 saturated heterocycles. The van der Waals surface area contributed by atoms with Gasteiger partial charge in [0.25, 0.3) is 0 Å². The van der Waals surface area contributed by atoms with E-state index in [0.29, 0.717) is 46.1 Å². The lowest BCUT2D eigenvalue weighted by Crippen LogP contribution is -2.35. The van der Waals surface area contributed by atoms with Crippen LogP contribution in [0.3, 0.4) is 0 Å². The number of nitrogens with one attached hydrogen (secondary N) is 2. The zero-order valence-electron chi connectivity index (χ0n) is 11.2. The van der Waals surface area contributed by atoms with E-state index in [2.05, 4.69) is 9.71 Å². The Bertz CT molecular complexity index is 801. The Hall–Kier alpha value is -0.950. The average Bonchev–Trinajstić information content (AvgIpc) is 2.80. The highest BCUT2D eigenvalue weighted by molar-refractivity contribution is 7.93. The van der Waals surface area contributed by atoms with Crippen molar-refractivity contribution in [2.75, 3.05) is 18.4 Å². The summed E-state index contributed by atoms with van der Waals surface area (Å²) < 4.78 is 32.3. The van der Waals surface area contributed by atoms with E-state index in [1.165, 1.54) is 0 Å². The molecule has 0 spiro atoms. The largest absolute Gasteiger partial charge is 0.385 e. The van der Waals surface area contributed by atoms with Crippen LogP contribution in [0.4, 0.5) is 5.69 Å². The van der Waals surface area contributed by atoms with Crippen LogP contribution in [0.1, 0.15) is 12.0 Å². The topological polar surface area (TPSA) is 71.2 Å². The van der Waals surface area contributed by atoms with Gasteiger partial charge in [0.1, 0.15) is 0 Å². The van der Waals surface area contributed by atoms with Crippen LogP contribution in [0.2, 0.25) is 10.0 Å². The number of H-pyrrole nitrogens is 1. The monoisotopic (exact) mass is 348 g/mol. The summed E-state index contributed by atoms with van der Waals surface area (Å²) in [5.41, 5.74) is 2.02. The number of hydrogen-bond acceptors (Lipinski definition) is 3. The van der Waals surface area contributed by atoms with E-state index in [0.717, 1.165) is 5.56 Å². The predicted molar refractivity (Wildman–Crippen MR) is 84.8 cm³/mol. The molecule has 0 unspecified atom stereocenters. The lowest BCUT2D eigenvalue weighted by atomic mass is 10.0. The van der Waals surface area contributed by atoms with Crippen molar-refractivity contribution < 1.29 is 13.2 Å². The lowest BCUT2D eigenvalue weighted by Gasteiger charge is -2.26. The molecule has 2 heterocycles. The quantitative estimate of drug-likeness (QED) is 0.894. The Morgan fingerprint density at radius 3 is 2.86 bits per heavy atom. The Morgan fingerprint density at radius 2 is 2.14 bits per heavy atom. The molecule has 8 heteroatoms. The van der Waals surface area contributed by atoms with Crippen LogP contribution in [0.5, 0.6) is 0 Å². The maximum atomic E-state index is 12.3. The summed E-state index contributed by atoms with van der Waals surface area (Å²) in [5.74, 6) is 0. The Labute approximate surface area is 132 Å². The molecule has 0 aliphatic carbocycles. The maximum absolute atomic E-state index is 12.3. The molecule has 1 aliphatic heterocycles. The van der Waals surface area contributed by atoms with Crippen molar-refractivity contribution in [1.29, 1.82) is 0 Å². The van der Waals surface area contributed by atoms with Crippen LogP contribution in [-0.4, -0.2) is 32.4 Å². The molecule has 5 nitrogen and oxygen atoms in total. The molecule has 2 N–H and O–H groups in total. The first kappa shape index (κ1) is 15.0. The van der Waals surface area contributed by atoms with Crippen LogP contribution in [0.15, 0.2) is 12.3 Å². The molecular formula is C13H14Cl2N2O3S. The number of halogens is 2. The molecule has 1 aromatic heterocycles. The van der Waals surface area contributed by atoms with Crippen molar-refractivity contribution in [2.24, 2.45) is 0 Å². The highest BCUT2D eigenvalue weighted by Crippen LogP contribution is 2.40. The minimum Gasteiger partial charge on any atom is -0.385 e. The van der Waals surface area contributed by atoms with Gasteiger partial charge in [-0.2, -0.15) is 0 Å². The number of methoxy groups -OCH3 is 1. The normalized spacial score (nSPS) is 20.2. The van der Waals surface area contributed by atoms with E-state index in [1.807, 2.05) is 0 Å². The second-order valence-corrected chi connectivity index (χ2v) is 7.81. The lowest BCUT2D eigenvalue weighted by molar-refractivity contribution is 0.193. The summed E-state index contributed by atoms with van der Waals surface area (Å²) in [6.45, 7) is 0.394. The van der Waals surface area contributed by atoms with Gasteiger partial charge in [-0.25, -0.2) is 8.42 Å². The number of fused-ring (bicyclic) bond motifs is 3. The van der Waals surface area contributed by atoms with Gasteiger partial charge in [-0.1, -0.05) is 23.2 Å². The standard InChI is InChI=1S/C13H14Cl2N2O3S/c1-20-3-2-8-4-7-5-9(14)11-10(15)6-16-13(11)12(7)17-21(8,18)19/h5-6,8,16-17H,2-4H2,1H3/t8-/m0/s1. The van der Waals surface area contributed by atoms with E-state index in [9.17, 15) is 8.42 Å². The van der Waals surface area contributed by atoms with E-state index < -0.39 is 15.3 Å². The molecule has 3 rings (SSSR count). The molecular weight excluding hydrogens is 335 g/mol. The summed E-state index contributed by atoms with van der Waals surface area (Å²) in [7, 11) is -1.89. The fraction of sp³-hybridized carbons (Fsp3) is 0.385. The smallest absolute Gasteiger partial charge is 0.236 e. The van der Waals surface area contributed by atoms with Crippen molar-refractivity contribution in [1.82, 2.24) is 4.98 Å². The van der Waals surface area contributed by atoms with Gasteiger partial charge in [0.15, 0.2) is 0 Å². The van der Waals surface area contributed by atoms with Crippen molar-refractivity contribution in [3.05, 3.63) is 27.9 Å². The number of hydrogen-bond donors (Lipinski definition) is 2. The SMILES string of the molecule is COCC[C@H]1Cc2cc(Cl)c3c(Cl)c[nH]c3c2NS1(=O)=O. The second kappa shape index (κ2) is 5.35. The van der Waals surface area contributed by atoms with E-state index >= 15 is 0 Å². The first-order chi connectivity index (χ1) is 9.94. The summed E-state index contributed by atoms with van der Waals surface area (Å²) in [6.07, 6.45) is 2.44. The van der Waals surface area contributed by atoms with Gasteiger partial charge in [-0.3, -0.25) is 4.72 Å². The predicted octanol–water partition coefficient (Wildman–Crippen LogP) is 3.18. The molecule has 0 saturated carbocycles. The first-order valence-corrected chi connectivity index (χ1v) is 8.73. The van der Waals surface area contributed by atoms with Crippen LogP contribution >= 0.6 is 23.2 Å². The summed E-state index contributed by atoms with van der Waals surface area (Å²) in [4.78, 5) is 2.98. The van der Waals surface area contributed by atoms with Gasteiger partial charge in [0.05, 0.1) is 26.5 Å². The number of ether oxygens (including phenoxy) is 1. The fourth-order valence-electron chi connectivity index (χ4n) is 2.65. The van der Waals surface area contributed by atoms with Crippen molar-refractivity contribution >= 4 is 49.8 Å². The Balaban J connectivity index is 2.12. The molecule has 21 heavy (non-hydrogen) atoms. The third-order valence-corrected chi connectivity index (χ3v) is 6.08. The molecule has 1 aromatic carbocycles. The summed E-state index contributed by atoms with van der Waals surface area (Å²) >= 11 is 12.3. The number of rotatable bonds is 3. The Kier molecular flexibility index (Phi) is 3.81. The summed E-state index contributed by atoms with van der Waals surface area (Å²) in [6, 6.07) is 1.78. The first-order valence-electron chi connectivity index (χ1n) is 6.42. The minimum atomic E-state index is -3.44. The third kappa shape index (κ3) is 2.50. The molecule has 0 radical (unpaired) electrons. The van der Waals surface area contributed by atoms with Crippen molar-refractivity contribution in [3.8, 4) is 0 Å². The number of sulfonamides is 1. The Morgan fingerprint density at radius 1 is 1.38 bits per heavy atom. The van der Waals surface area contributed by atoms with Crippen LogP contribution < -0.4 is 4.72 Å². The van der Waals surface area contributed by atoms with Crippen LogP contribution in [0, 0.1) is 0 Å². The van der Waals surface area contributed by atoms with Gasteiger partial charge < -0.3 is 9.72 Å². The van der Waals surface area contributed by atoms with Gasteiger partial charge in [0.2, 0.25) is 10.0 Å². The summed E-state index contributed by atoms with van der Waals surface area (Å²) in [5, 5.41) is 1.10. The number of aromatic amines is 1. The van der Waals surface area contributed by atoms with Gasteiger partial charge >= 0.3 is 0 Å². The minimum absolute atomic E-state index is 0.394. The molecule has 114 valence electrons. The zero-order valence-corrected chi connectivity index (χ0v) is 13.6. The highest BCUT2D eigenvalue weighted by Gasteiger charge is 2.33. The second-order valence-electron chi connectivity index (χ2n) is 5.03. The maximum Gasteiger partial charge on any atom is 0.236 e. The fourth-order valence-corrected chi connectivity index (χ4v) is 4.77. The van der Waals surface area contributed by atoms with E-state index in [4.69, 9.17) is 27.9 Å². The zero-order chi connectivity index (χ0) is 15.2. The number of aromatic nitrogens is 1.